The van der Waals surface area contributed by atoms with E-state index in [2.05, 4.69) is 14.9 Å². The van der Waals surface area contributed by atoms with Gasteiger partial charge in [0.1, 0.15) is 11.6 Å². The molecule has 0 unspecified atom stereocenters. The molecule has 1 aliphatic heterocycles. The molecule has 2 aromatic rings. The standard InChI is InChI=1S/C21H27N5O4S/c1-15-13-20(23-17(3)22-15)25-9-11-26(12-10-25)21(28)14-24(4)31(29,30)19-7-5-18(6-8-19)16(2)27/h5-8,13H,9-12,14H2,1-4H3. The number of sulfonamides is 1. The zero-order chi connectivity index (χ0) is 22.8. The summed E-state index contributed by atoms with van der Waals surface area (Å²) in [7, 11) is -2.45. The predicted octanol–water partition coefficient (Wildman–Crippen LogP) is 1.27. The zero-order valence-electron chi connectivity index (χ0n) is 18.2. The molecule has 0 bridgehead atoms. The third kappa shape index (κ3) is 5.26. The van der Waals surface area contributed by atoms with Crippen molar-refractivity contribution in [3.8, 4) is 0 Å². The highest BCUT2D eigenvalue weighted by atomic mass is 32.2. The van der Waals surface area contributed by atoms with E-state index < -0.39 is 10.0 Å². The number of hydrogen-bond acceptors (Lipinski definition) is 7. The molecular formula is C21H27N5O4S. The van der Waals surface area contributed by atoms with Crippen molar-refractivity contribution in [2.75, 3.05) is 44.7 Å². The molecule has 0 spiro atoms. The molecule has 0 aliphatic carbocycles. The van der Waals surface area contributed by atoms with Crippen molar-refractivity contribution in [3.05, 3.63) is 47.4 Å². The van der Waals surface area contributed by atoms with Gasteiger partial charge in [-0.1, -0.05) is 12.1 Å². The minimum absolute atomic E-state index is 0.0483. The fourth-order valence-corrected chi connectivity index (χ4v) is 4.58. The molecule has 10 heteroatoms. The predicted molar refractivity (Wildman–Crippen MR) is 117 cm³/mol. The number of likely N-dealkylation sites (N-methyl/N-ethyl adjacent to an activating group) is 1. The molecule has 1 saturated heterocycles. The van der Waals surface area contributed by atoms with Crippen LogP contribution < -0.4 is 4.90 Å². The molecule has 0 radical (unpaired) electrons. The molecule has 0 atom stereocenters. The number of carbonyl (C=O) groups excluding carboxylic acids is 2. The SMILES string of the molecule is CC(=O)c1ccc(S(=O)(=O)N(C)CC(=O)N2CCN(c3cc(C)nc(C)n3)CC2)cc1. The van der Waals surface area contributed by atoms with Gasteiger partial charge in [-0.15, -0.1) is 0 Å². The summed E-state index contributed by atoms with van der Waals surface area (Å²) in [5, 5.41) is 0. The zero-order valence-corrected chi connectivity index (χ0v) is 19.0. The summed E-state index contributed by atoms with van der Waals surface area (Å²) in [6.45, 7) is 7.14. The Balaban J connectivity index is 1.60. The number of rotatable bonds is 6. The van der Waals surface area contributed by atoms with Crippen molar-refractivity contribution in [1.82, 2.24) is 19.2 Å². The van der Waals surface area contributed by atoms with Gasteiger partial charge >= 0.3 is 0 Å². The van der Waals surface area contributed by atoms with Crippen molar-refractivity contribution < 1.29 is 18.0 Å². The van der Waals surface area contributed by atoms with E-state index in [1.165, 1.54) is 38.2 Å². The lowest BCUT2D eigenvalue weighted by atomic mass is 10.2. The summed E-state index contributed by atoms with van der Waals surface area (Å²) in [6, 6.07) is 7.64. The molecule has 166 valence electrons. The normalized spacial score (nSPS) is 14.7. The number of benzene rings is 1. The average molecular weight is 446 g/mol. The summed E-state index contributed by atoms with van der Waals surface area (Å²) in [4.78, 5) is 36.7. The Labute approximate surface area is 182 Å². The van der Waals surface area contributed by atoms with E-state index in [0.717, 1.165) is 15.8 Å². The van der Waals surface area contributed by atoms with Crippen LogP contribution in [-0.4, -0.2) is 79.1 Å². The van der Waals surface area contributed by atoms with Crippen LogP contribution in [0.25, 0.3) is 0 Å². The number of anilines is 1. The van der Waals surface area contributed by atoms with E-state index in [0.29, 0.717) is 37.6 Å². The lowest BCUT2D eigenvalue weighted by Gasteiger charge is -2.36. The number of ketones is 1. The van der Waals surface area contributed by atoms with Crippen LogP contribution >= 0.6 is 0 Å². The quantitative estimate of drug-likeness (QED) is 0.617. The molecule has 1 aliphatic rings. The molecule has 1 amide bonds. The van der Waals surface area contributed by atoms with Gasteiger partial charge < -0.3 is 9.80 Å². The van der Waals surface area contributed by atoms with Crippen molar-refractivity contribution in [2.24, 2.45) is 0 Å². The molecule has 1 aromatic heterocycles. The first kappa shape index (κ1) is 22.8. The van der Waals surface area contributed by atoms with E-state index in [9.17, 15) is 18.0 Å². The van der Waals surface area contributed by atoms with Gasteiger partial charge in [0.2, 0.25) is 15.9 Å². The van der Waals surface area contributed by atoms with Gasteiger partial charge in [-0.25, -0.2) is 18.4 Å². The highest BCUT2D eigenvalue weighted by Gasteiger charge is 2.27. The maximum Gasteiger partial charge on any atom is 0.243 e. The monoisotopic (exact) mass is 445 g/mol. The highest BCUT2D eigenvalue weighted by molar-refractivity contribution is 7.89. The first-order valence-corrected chi connectivity index (χ1v) is 11.4. The minimum atomic E-state index is -3.83. The van der Waals surface area contributed by atoms with E-state index in [1.54, 1.807) is 4.90 Å². The fourth-order valence-electron chi connectivity index (χ4n) is 3.46. The van der Waals surface area contributed by atoms with Gasteiger partial charge in [0.25, 0.3) is 0 Å². The van der Waals surface area contributed by atoms with E-state index in [1.807, 2.05) is 19.9 Å². The van der Waals surface area contributed by atoms with Gasteiger partial charge in [0.05, 0.1) is 11.4 Å². The number of amides is 1. The molecule has 3 rings (SSSR count). The summed E-state index contributed by atoms with van der Waals surface area (Å²) >= 11 is 0. The second-order valence-electron chi connectivity index (χ2n) is 7.62. The fraction of sp³-hybridized carbons (Fsp3) is 0.429. The first-order chi connectivity index (χ1) is 14.6. The topological polar surface area (TPSA) is 104 Å². The van der Waals surface area contributed by atoms with Gasteiger partial charge in [0.15, 0.2) is 5.78 Å². The van der Waals surface area contributed by atoms with Crippen molar-refractivity contribution in [2.45, 2.75) is 25.7 Å². The summed E-state index contributed by atoms with van der Waals surface area (Å²) in [5.41, 5.74) is 1.33. The van der Waals surface area contributed by atoms with E-state index in [-0.39, 0.29) is 23.1 Å². The number of piperazine rings is 1. The molecule has 1 fully saturated rings. The Morgan fingerprint density at radius 1 is 1.03 bits per heavy atom. The van der Waals surface area contributed by atoms with Crippen LogP contribution in [0, 0.1) is 13.8 Å². The molecule has 2 heterocycles. The molecule has 9 nitrogen and oxygen atoms in total. The maximum atomic E-state index is 12.8. The number of nitrogens with zero attached hydrogens (tertiary/aromatic N) is 5. The number of aryl methyl sites for hydroxylation is 2. The number of Topliss-reactive ketones (excluding diaryl/α,β-unsaturated/α-hetero) is 1. The Morgan fingerprint density at radius 3 is 2.19 bits per heavy atom. The van der Waals surface area contributed by atoms with Gasteiger partial charge in [0, 0.05) is 50.6 Å². The van der Waals surface area contributed by atoms with Crippen molar-refractivity contribution in [3.63, 3.8) is 0 Å². The third-order valence-corrected chi connectivity index (χ3v) is 7.05. The second kappa shape index (κ2) is 9.11. The van der Waals surface area contributed by atoms with Crippen LogP contribution in [0.15, 0.2) is 35.2 Å². The van der Waals surface area contributed by atoms with Crippen LogP contribution in [0.4, 0.5) is 5.82 Å². The Morgan fingerprint density at radius 2 is 1.65 bits per heavy atom. The van der Waals surface area contributed by atoms with Crippen molar-refractivity contribution >= 4 is 27.5 Å². The second-order valence-corrected chi connectivity index (χ2v) is 9.67. The molecule has 0 saturated carbocycles. The summed E-state index contributed by atoms with van der Waals surface area (Å²) in [5.74, 6) is 1.16. The third-order valence-electron chi connectivity index (χ3n) is 5.24. The lowest BCUT2D eigenvalue weighted by molar-refractivity contribution is -0.131. The van der Waals surface area contributed by atoms with Crippen LogP contribution in [0.2, 0.25) is 0 Å². The number of aromatic nitrogens is 2. The Bertz CT molecular complexity index is 1060. The van der Waals surface area contributed by atoms with Crippen LogP contribution in [0.3, 0.4) is 0 Å². The van der Waals surface area contributed by atoms with Gasteiger partial charge in [-0.3, -0.25) is 9.59 Å². The highest BCUT2D eigenvalue weighted by Crippen LogP contribution is 2.18. The first-order valence-electron chi connectivity index (χ1n) is 10.0. The molecule has 0 N–H and O–H groups in total. The van der Waals surface area contributed by atoms with Crippen LogP contribution in [0.1, 0.15) is 28.8 Å². The number of hydrogen-bond donors (Lipinski definition) is 0. The van der Waals surface area contributed by atoms with Gasteiger partial charge in [-0.2, -0.15) is 4.31 Å². The van der Waals surface area contributed by atoms with Crippen molar-refractivity contribution in [1.29, 1.82) is 0 Å². The molecular weight excluding hydrogens is 418 g/mol. The van der Waals surface area contributed by atoms with Crippen LogP contribution in [0.5, 0.6) is 0 Å². The Kier molecular flexibility index (Phi) is 6.71. The minimum Gasteiger partial charge on any atom is -0.353 e. The molecule has 31 heavy (non-hydrogen) atoms. The number of carbonyl (C=O) groups is 2. The van der Waals surface area contributed by atoms with E-state index >= 15 is 0 Å². The maximum absolute atomic E-state index is 12.8. The molecule has 1 aromatic carbocycles. The summed E-state index contributed by atoms with van der Waals surface area (Å²) < 4.78 is 26.6. The largest absolute Gasteiger partial charge is 0.353 e. The van der Waals surface area contributed by atoms with Gasteiger partial charge in [-0.05, 0) is 32.9 Å². The average Bonchev–Trinajstić information content (AvgIpc) is 2.73. The lowest BCUT2D eigenvalue weighted by Crippen LogP contribution is -2.51. The van der Waals surface area contributed by atoms with E-state index in [4.69, 9.17) is 0 Å². The van der Waals surface area contributed by atoms with Crippen LogP contribution in [-0.2, 0) is 14.8 Å². The Hall–Kier alpha value is -2.85. The smallest absolute Gasteiger partial charge is 0.243 e. The summed E-state index contributed by atoms with van der Waals surface area (Å²) in [6.07, 6.45) is 0.